The Morgan fingerprint density at radius 3 is 2.85 bits per heavy atom. The molecule has 0 atom stereocenters. The van der Waals surface area contributed by atoms with Crippen LogP contribution in [-0.2, 0) is 7.05 Å². The molecule has 2 N–H and O–H groups in total. The number of fused-ring (bicyclic) bond motifs is 1. The molecule has 104 valence electrons. The van der Waals surface area contributed by atoms with Crippen molar-refractivity contribution in [2.24, 2.45) is 7.05 Å². The molecular weight excluding hydrogens is 288 g/mol. The van der Waals surface area contributed by atoms with E-state index in [1.54, 1.807) is 7.05 Å². The highest BCUT2D eigenvalue weighted by Crippen LogP contribution is 2.49. The second-order valence-electron chi connectivity index (χ2n) is 4.16. The molecule has 20 heavy (non-hydrogen) atoms. The van der Waals surface area contributed by atoms with Gasteiger partial charge in [-0.1, -0.05) is 11.6 Å². The van der Waals surface area contributed by atoms with Gasteiger partial charge < -0.3 is 19.7 Å². The summed E-state index contributed by atoms with van der Waals surface area (Å²) in [6, 6.07) is 2.88. The first-order valence-corrected chi connectivity index (χ1v) is 5.95. The van der Waals surface area contributed by atoms with E-state index in [0.717, 1.165) is 0 Å². The molecule has 1 aromatic carbocycles. The Morgan fingerprint density at radius 2 is 2.20 bits per heavy atom. The van der Waals surface area contributed by atoms with Crippen molar-refractivity contribution in [2.45, 2.75) is 0 Å². The zero-order valence-corrected chi connectivity index (χ0v) is 11.0. The van der Waals surface area contributed by atoms with Gasteiger partial charge in [0.2, 0.25) is 6.79 Å². The highest BCUT2D eigenvalue weighted by molar-refractivity contribution is 6.34. The molecule has 1 aliphatic rings. The summed E-state index contributed by atoms with van der Waals surface area (Å²) in [7, 11) is 1.57. The topological polar surface area (TPSA) is 93.8 Å². The van der Waals surface area contributed by atoms with Gasteiger partial charge in [0.25, 0.3) is 0 Å². The smallest absolute Gasteiger partial charge is 0.356 e. The Balaban J connectivity index is 2.20. The second kappa shape index (κ2) is 4.31. The lowest BCUT2D eigenvalue weighted by atomic mass is 10.1. The van der Waals surface area contributed by atoms with Gasteiger partial charge in [-0.05, 0) is 12.1 Å². The number of carboxylic acid groups (broad SMARTS) is 1. The van der Waals surface area contributed by atoms with E-state index >= 15 is 0 Å². The second-order valence-corrected chi connectivity index (χ2v) is 4.54. The number of carbonyl (C=O) groups is 1. The van der Waals surface area contributed by atoms with E-state index in [4.69, 9.17) is 26.2 Å². The van der Waals surface area contributed by atoms with Crippen molar-refractivity contribution in [2.75, 3.05) is 6.79 Å². The maximum absolute atomic E-state index is 10.9. The van der Waals surface area contributed by atoms with Gasteiger partial charge >= 0.3 is 5.97 Å². The standard InChI is InChI=1S/C12H9ClN2O5/c1-15-7(3-6(14-15)12(17)18)5-2-8-11(20-4-19-8)9(13)10(5)16/h2-3,16H,4H2,1H3,(H,17,18). The maximum atomic E-state index is 10.9. The number of aromatic carboxylic acids is 1. The van der Waals surface area contributed by atoms with Crippen molar-refractivity contribution in [1.82, 2.24) is 9.78 Å². The normalized spacial score (nSPS) is 12.7. The first kappa shape index (κ1) is 12.6. The third-order valence-corrected chi connectivity index (χ3v) is 3.30. The van der Waals surface area contributed by atoms with E-state index in [-0.39, 0.29) is 29.0 Å². The molecule has 3 rings (SSSR count). The van der Waals surface area contributed by atoms with Crippen molar-refractivity contribution >= 4 is 17.6 Å². The van der Waals surface area contributed by atoms with Gasteiger partial charge in [0.05, 0.1) is 5.69 Å². The molecule has 0 radical (unpaired) electrons. The molecule has 0 saturated heterocycles. The Hall–Kier alpha value is -2.41. The Labute approximate surface area is 117 Å². The average Bonchev–Trinajstić information content (AvgIpc) is 3.00. The van der Waals surface area contributed by atoms with Crippen LogP contribution < -0.4 is 9.47 Å². The van der Waals surface area contributed by atoms with Crippen molar-refractivity contribution in [1.29, 1.82) is 0 Å². The lowest BCUT2D eigenvalue weighted by molar-refractivity contribution is 0.0689. The van der Waals surface area contributed by atoms with E-state index in [9.17, 15) is 9.90 Å². The summed E-state index contributed by atoms with van der Waals surface area (Å²) in [6.07, 6.45) is 0. The molecule has 8 heteroatoms. The quantitative estimate of drug-likeness (QED) is 0.878. The van der Waals surface area contributed by atoms with Crippen LogP contribution >= 0.6 is 11.6 Å². The highest BCUT2D eigenvalue weighted by atomic mass is 35.5. The van der Waals surface area contributed by atoms with Gasteiger partial charge in [0, 0.05) is 12.6 Å². The summed E-state index contributed by atoms with van der Waals surface area (Å²) in [5.41, 5.74) is 0.595. The SMILES string of the molecule is Cn1nc(C(=O)O)cc1-c1cc2c(c(Cl)c1O)OCO2. The number of phenols is 1. The van der Waals surface area contributed by atoms with Gasteiger partial charge in [-0.3, -0.25) is 4.68 Å². The van der Waals surface area contributed by atoms with E-state index in [1.807, 2.05) is 0 Å². The Bertz CT molecular complexity index is 725. The van der Waals surface area contributed by atoms with E-state index in [1.165, 1.54) is 16.8 Å². The monoisotopic (exact) mass is 296 g/mol. The minimum Gasteiger partial charge on any atom is -0.506 e. The number of rotatable bonds is 2. The average molecular weight is 297 g/mol. The summed E-state index contributed by atoms with van der Waals surface area (Å²) in [6.45, 7) is 0.0176. The third-order valence-electron chi connectivity index (χ3n) is 2.95. The summed E-state index contributed by atoms with van der Waals surface area (Å²) in [5.74, 6) is -0.705. The van der Waals surface area contributed by atoms with Crippen LogP contribution in [0.1, 0.15) is 10.5 Å². The van der Waals surface area contributed by atoms with Crippen LogP contribution in [0.15, 0.2) is 12.1 Å². The van der Waals surface area contributed by atoms with Gasteiger partial charge in [-0.15, -0.1) is 0 Å². The van der Waals surface area contributed by atoms with Crippen LogP contribution in [0, 0.1) is 0 Å². The first-order valence-electron chi connectivity index (χ1n) is 5.58. The van der Waals surface area contributed by atoms with Gasteiger partial charge in [-0.2, -0.15) is 5.10 Å². The van der Waals surface area contributed by atoms with E-state index in [0.29, 0.717) is 17.0 Å². The van der Waals surface area contributed by atoms with Crippen LogP contribution in [0.25, 0.3) is 11.3 Å². The van der Waals surface area contributed by atoms with Gasteiger partial charge in [0.15, 0.2) is 17.2 Å². The molecule has 1 aliphatic heterocycles. The van der Waals surface area contributed by atoms with Crippen LogP contribution in [0.5, 0.6) is 17.2 Å². The molecule has 0 unspecified atom stereocenters. The number of halogens is 1. The van der Waals surface area contributed by atoms with Crippen molar-refractivity contribution < 1.29 is 24.5 Å². The molecule has 0 bridgehead atoms. The molecule has 2 aromatic rings. The van der Waals surface area contributed by atoms with E-state index in [2.05, 4.69) is 5.10 Å². The predicted octanol–water partition coefficient (Wildman–Crippen LogP) is 1.87. The molecule has 0 aliphatic carbocycles. The summed E-state index contributed by atoms with van der Waals surface area (Å²) < 4.78 is 11.7. The molecule has 0 amide bonds. The number of aromatic hydroxyl groups is 1. The molecule has 0 spiro atoms. The molecule has 0 fully saturated rings. The lowest BCUT2D eigenvalue weighted by Crippen LogP contribution is -1.99. The fourth-order valence-electron chi connectivity index (χ4n) is 2.01. The fourth-order valence-corrected chi connectivity index (χ4v) is 2.26. The van der Waals surface area contributed by atoms with Crippen LogP contribution in [-0.4, -0.2) is 32.8 Å². The van der Waals surface area contributed by atoms with Gasteiger partial charge in [0.1, 0.15) is 10.8 Å². The molecule has 1 aromatic heterocycles. The molecule has 2 heterocycles. The largest absolute Gasteiger partial charge is 0.506 e. The minimum absolute atomic E-state index is 0.0176. The number of phenolic OH excluding ortho intramolecular Hbond substituents is 1. The van der Waals surface area contributed by atoms with Crippen LogP contribution in [0.3, 0.4) is 0 Å². The zero-order valence-electron chi connectivity index (χ0n) is 10.3. The number of ether oxygens (including phenoxy) is 2. The first-order chi connectivity index (χ1) is 9.49. The van der Waals surface area contributed by atoms with Gasteiger partial charge in [-0.25, -0.2) is 4.79 Å². The number of aromatic nitrogens is 2. The number of carboxylic acids is 1. The Morgan fingerprint density at radius 1 is 1.45 bits per heavy atom. The fraction of sp³-hybridized carbons (Fsp3) is 0.167. The van der Waals surface area contributed by atoms with E-state index < -0.39 is 5.97 Å². The number of hydrogen-bond acceptors (Lipinski definition) is 5. The predicted molar refractivity (Wildman–Crippen MR) is 68.4 cm³/mol. The number of aryl methyl sites for hydroxylation is 1. The molecule has 7 nitrogen and oxygen atoms in total. The van der Waals surface area contributed by atoms with Crippen LogP contribution in [0.4, 0.5) is 0 Å². The third kappa shape index (κ3) is 1.75. The van der Waals surface area contributed by atoms with Crippen molar-refractivity contribution in [3.05, 3.63) is 22.8 Å². The molecular formula is C12H9ClN2O5. The highest BCUT2D eigenvalue weighted by Gasteiger charge is 2.25. The summed E-state index contributed by atoms with van der Waals surface area (Å²) in [4.78, 5) is 10.9. The zero-order chi connectivity index (χ0) is 14.4. The number of benzene rings is 1. The Kier molecular flexibility index (Phi) is 2.72. The van der Waals surface area contributed by atoms with Crippen molar-refractivity contribution in [3.8, 4) is 28.5 Å². The minimum atomic E-state index is -1.15. The summed E-state index contributed by atoms with van der Waals surface area (Å²) >= 11 is 6.01. The molecule has 0 saturated carbocycles. The number of hydrogen-bond donors (Lipinski definition) is 2. The number of nitrogens with zero attached hydrogens (tertiary/aromatic N) is 2. The lowest BCUT2D eigenvalue weighted by Gasteiger charge is -2.08. The maximum Gasteiger partial charge on any atom is 0.356 e. The van der Waals surface area contributed by atoms with Crippen LogP contribution in [0.2, 0.25) is 5.02 Å². The van der Waals surface area contributed by atoms with Crippen molar-refractivity contribution in [3.63, 3.8) is 0 Å². The summed E-state index contributed by atoms with van der Waals surface area (Å²) in [5, 5.41) is 22.9.